The summed E-state index contributed by atoms with van der Waals surface area (Å²) >= 11 is 0. The van der Waals surface area contributed by atoms with Crippen molar-refractivity contribution in [3.8, 4) is 0 Å². The van der Waals surface area contributed by atoms with Gasteiger partial charge in [0.2, 0.25) is 0 Å². The third-order valence-corrected chi connectivity index (χ3v) is 4.47. The van der Waals surface area contributed by atoms with Gasteiger partial charge in [-0.05, 0) is 37.6 Å². The van der Waals surface area contributed by atoms with Gasteiger partial charge in [-0.15, -0.1) is 0 Å². The highest BCUT2D eigenvalue weighted by Crippen LogP contribution is 2.35. The van der Waals surface area contributed by atoms with E-state index in [0.717, 1.165) is 5.56 Å². The zero-order chi connectivity index (χ0) is 20.4. The minimum atomic E-state index is -0.642. The van der Waals surface area contributed by atoms with E-state index in [0.29, 0.717) is 16.9 Å². The van der Waals surface area contributed by atoms with Crippen LogP contribution >= 0.6 is 0 Å². The predicted octanol–water partition coefficient (Wildman–Crippen LogP) is 3.78. The fourth-order valence-corrected chi connectivity index (χ4v) is 3.08. The van der Waals surface area contributed by atoms with Gasteiger partial charge in [0, 0.05) is 23.5 Å². The largest absolute Gasteiger partial charge is 0.465 e. The maximum absolute atomic E-state index is 13.1. The van der Waals surface area contributed by atoms with Gasteiger partial charge in [0.05, 0.1) is 23.2 Å². The molecule has 1 amide bonds. The van der Waals surface area contributed by atoms with Gasteiger partial charge in [-0.2, -0.15) is 0 Å². The summed E-state index contributed by atoms with van der Waals surface area (Å²) in [6.45, 7) is 3.60. The molecule has 3 rings (SSSR count). The lowest BCUT2D eigenvalue weighted by Crippen LogP contribution is -2.24. The Morgan fingerprint density at radius 3 is 2.43 bits per heavy atom. The van der Waals surface area contributed by atoms with Crippen molar-refractivity contribution in [1.29, 1.82) is 0 Å². The maximum atomic E-state index is 13.1. The third-order valence-electron chi connectivity index (χ3n) is 4.47. The van der Waals surface area contributed by atoms with Crippen molar-refractivity contribution in [2.75, 3.05) is 12.0 Å². The van der Waals surface area contributed by atoms with Gasteiger partial charge in [-0.25, -0.2) is 4.79 Å². The smallest absolute Gasteiger partial charge is 0.340 e. The Labute approximate surface area is 161 Å². The lowest BCUT2D eigenvalue weighted by molar-refractivity contribution is -0.384. The van der Waals surface area contributed by atoms with Gasteiger partial charge >= 0.3 is 5.97 Å². The van der Waals surface area contributed by atoms with Crippen LogP contribution in [0.2, 0.25) is 0 Å². The number of allylic oxidation sites excluding steroid dienone is 1. The van der Waals surface area contributed by atoms with Crippen LogP contribution in [0.5, 0.6) is 0 Å². The SMILES string of the molecule is COC(=O)C1=C(C)N(c2ccc(C)cc2)C(=O)/C1=C\c1cccc([N+](=O)[O-])c1. The quantitative estimate of drug-likeness (QED) is 0.350. The number of benzene rings is 2. The summed E-state index contributed by atoms with van der Waals surface area (Å²) in [5.41, 5.74) is 2.71. The molecule has 1 heterocycles. The lowest BCUT2D eigenvalue weighted by atomic mass is 10.0. The number of non-ortho nitro benzene ring substituents is 1. The average molecular weight is 378 g/mol. The van der Waals surface area contributed by atoms with Crippen molar-refractivity contribution >= 4 is 29.3 Å². The van der Waals surface area contributed by atoms with Crippen LogP contribution in [-0.4, -0.2) is 23.9 Å². The van der Waals surface area contributed by atoms with Crippen molar-refractivity contribution in [3.05, 3.63) is 86.6 Å². The van der Waals surface area contributed by atoms with Crippen molar-refractivity contribution in [2.45, 2.75) is 13.8 Å². The number of nitro groups is 1. The van der Waals surface area contributed by atoms with E-state index in [4.69, 9.17) is 4.74 Å². The predicted molar refractivity (Wildman–Crippen MR) is 104 cm³/mol. The fraction of sp³-hybridized carbons (Fsp3) is 0.143. The number of nitro benzene ring substituents is 1. The Kier molecular flexibility index (Phi) is 5.08. The van der Waals surface area contributed by atoms with Crippen LogP contribution in [0, 0.1) is 17.0 Å². The van der Waals surface area contributed by atoms with Crippen LogP contribution in [0.15, 0.2) is 65.4 Å². The summed E-state index contributed by atoms with van der Waals surface area (Å²) in [5, 5.41) is 11.0. The zero-order valence-corrected chi connectivity index (χ0v) is 15.6. The molecule has 2 aromatic rings. The second-order valence-electron chi connectivity index (χ2n) is 6.34. The van der Waals surface area contributed by atoms with Gasteiger partial charge in [0.1, 0.15) is 0 Å². The molecule has 142 valence electrons. The van der Waals surface area contributed by atoms with E-state index in [9.17, 15) is 19.7 Å². The van der Waals surface area contributed by atoms with Crippen LogP contribution in [-0.2, 0) is 14.3 Å². The molecule has 1 aliphatic rings. The lowest BCUT2D eigenvalue weighted by Gasteiger charge is -2.18. The number of esters is 1. The Balaban J connectivity index is 2.13. The molecule has 28 heavy (non-hydrogen) atoms. The number of nitrogens with zero attached hydrogens (tertiary/aromatic N) is 2. The monoisotopic (exact) mass is 378 g/mol. The topological polar surface area (TPSA) is 89.8 Å². The fourth-order valence-electron chi connectivity index (χ4n) is 3.08. The van der Waals surface area contributed by atoms with E-state index in [1.807, 2.05) is 19.1 Å². The van der Waals surface area contributed by atoms with E-state index in [-0.39, 0.29) is 16.8 Å². The van der Waals surface area contributed by atoms with Crippen molar-refractivity contribution < 1.29 is 19.2 Å². The van der Waals surface area contributed by atoms with Crippen molar-refractivity contribution in [3.63, 3.8) is 0 Å². The molecule has 0 radical (unpaired) electrons. The van der Waals surface area contributed by atoms with E-state index in [1.165, 1.54) is 36.3 Å². The first-order valence-electron chi connectivity index (χ1n) is 8.50. The van der Waals surface area contributed by atoms with Crippen LogP contribution in [0.25, 0.3) is 6.08 Å². The molecule has 0 atom stereocenters. The first-order valence-corrected chi connectivity index (χ1v) is 8.50. The Morgan fingerprint density at radius 2 is 1.82 bits per heavy atom. The number of amides is 1. The highest BCUT2D eigenvalue weighted by atomic mass is 16.6. The molecule has 0 unspecified atom stereocenters. The number of rotatable bonds is 4. The summed E-state index contributed by atoms with van der Waals surface area (Å²) in [6.07, 6.45) is 1.47. The summed E-state index contributed by atoms with van der Waals surface area (Å²) < 4.78 is 4.86. The van der Waals surface area contributed by atoms with Crippen LogP contribution in [0.3, 0.4) is 0 Å². The molecule has 0 saturated carbocycles. The molecular formula is C21H18N2O5. The second-order valence-corrected chi connectivity index (χ2v) is 6.34. The Hall–Kier alpha value is -3.74. The molecular weight excluding hydrogens is 360 g/mol. The van der Waals surface area contributed by atoms with E-state index in [1.54, 1.807) is 25.1 Å². The van der Waals surface area contributed by atoms with Crippen LogP contribution in [0.1, 0.15) is 18.1 Å². The number of methoxy groups -OCH3 is 1. The van der Waals surface area contributed by atoms with Gasteiger partial charge in [0.25, 0.3) is 11.6 Å². The average Bonchev–Trinajstić information content (AvgIpc) is 2.92. The number of hydrogen-bond acceptors (Lipinski definition) is 5. The normalized spacial score (nSPS) is 15.3. The first-order chi connectivity index (χ1) is 13.3. The zero-order valence-electron chi connectivity index (χ0n) is 15.6. The molecule has 2 aromatic carbocycles. The Morgan fingerprint density at radius 1 is 1.14 bits per heavy atom. The Bertz CT molecular complexity index is 1040. The molecule has 0 fully saturated rings. The number of hydrogen-bond donors (Lipinski definition) is 0. The highest BCUT2D eigenvalue weighted by Gasteiger charge is 2.37. The maximum Gasteiger partial charge on any atom is 0.340 e. The molecule has 0 spiro atoms. The standard InChI is InChI=1S/C21H18N2O5/c1-13-7-9-16(10-8-13)22-14(2)19(21(25)28-3)18(20(22)24)12-15-5-4-6-17(11-15)23(26)27/h4-12H,1-3H3/b18-12-. The van der Waals surface area contributed by atoms with E-state index < -0.39 is 16.8 Å². The number of carbonyl (C=O) groups excluding carboxylic acids is 2. The second kappa shape index (κ2) is 7.48. The number of anilines is 1. The number of ether oxygens (including phenoxy) is 1. The molecule has 7 nitrogen and oxygen atoms in total. The van der Waals surface area contributed by atoms with Crippen LogP contribution in [0.4, 0.5) is 11.4 Å². The minimum Gasteiger partial charge on any atom is -0.465 e. The molecule has 0 bridgehead atoms. The van der Waals surface area contributed by atoms with Gasteiger partial charge < -0.3 is 4.74 Å². The van der Waals surface area contributed by atoms with E-state index >= 15 is 0 Å². The van der Waals surface area contributed by atoms with Gasteiger partial charge in [0.15, 0.2) is 0 Å². The molecule has 0 saturated heterocycles. The number of carbonyl (C=O) groups is 2. The summed E-state index contributed by atoms with van der Waals surface area (Å²) in [4.78, 5) is 37.4. The van der Waals surface area contributed by atoms with Crippen molar-refractivity contribution in [2.24, 2.45) is 0 Å². The third kappa shape index (κ3) is 3.42. The van der Waals surface area contributed by atoms with Gasteiger partial charge in [-0.3, -0.25) is 19.8 Å². The summed E-state index contributed by atoms with van der Waals surface area (Å²) in [5.74, 6) is -1.04. The first kappa shape index (κ1) is 19.0. The molecule has 1 aliphatic heterocycles. The highest BCUT2D eigenvalue weighted by molar-refractivity contribution is 6.23. The summed E-state index contributed by atoms with van der Waals surface area (Å²) in [6, 6.07) is 13.2. The summed E-state index contributed by atoms with van der Waals surface area (Å²) in [7, 11) is 1.24. The van der Waals surface area contributed by atoms with Crippen molar-refractivity contribution in [1.82, 2.24) is 0 Å². The minimum absolute atomic E-state index is 0.101. The number of aryl methyl sites for hydroxylation is 1. The molecule has 7 heteroatoms. The molecule has 0 aromatic heterocycles. The van der Waals surface area contributed by atoms with Gasteiger partial charge in [-0.1, -0.05) is 29.8 Å². The van der Waals surface area contributed by atoms with Crippen LogP contribution < -0.4 is 4.90 Å². The molecule has 0 aliphatic carbocycles. The molecule has 0 N–H and O–H groups in total. The van der Waals surface area contributed by atoms with E-state index in [2.05, 4.69) is 0 Å².